The van der Waals surface area contributed by atoms with Crippen molar-refractivity contribution in [2.45, 2.75) is 32.7 Å². The van der Waals surface area contributed by atoms with E-state index >= 15 is 0 Å². The van der Waals surface area contributed by atoms with Crippen molar-refractivity contribution in [1.29, 1.82) is 0 Å². The van der Waals surface area contributed by atoms with Crippen LogP contribution in [-0.2, 0) is 21.1 Å². The molecule has 0 aliphatic carbocycles. The number of H-pyrrole nitrogens is 1. The van der Waals surface area contributed by atoms with Gasteiger partial charge >= 0.3 is 0 Å². The molecule has 0 spiro atoms. The fraction of sp³-hybridized carbons (Fsp3) is 0.571. The van der Waals surface area contributed by atoms with Gasteiger partial charge in [0.05, 0.1) is 25.0 Å². The number of methoxy groups -OCH3 is 1. The number of nitrogens with one attached hydrogen (secondary N) is 1. The Balaban J connectivity index is 1.80. The van der Waals surface area contributed by atoms with Crippen LogP contribution in [0.4, 0.5) is 0 Å². The lowest BCUT2D eigenvalue weighted by atomic mass is 10.1. The summed E-state index contributed by atoms with van der Waals surface area (Å²) in [5, 5.41) is 0.959. The lowest BCUT2D eigenvalue weighted by molar-refractivity contribution is -0.132. The molecule has 2 aromatic rings. The highest BCUT2D eigenvalue weighted by molar-refractivity contribution is 7.91. The van der Waals surface area contributed by atoms with Crippen LogP contribution < -0.4 is 4.74 Å². The van der Waals surface area contributed by atoms with Crippen molar-refractivity contribution in [2.75, 3.05) is 44.8 Å². The Morgan fingerprint density at radius 2 is 2.00 bits per heavy atom. The van der Waals surface area contributed by atoms with Gasteiger partial charge in [0.25, 0.3) is 0 Å². The van der Waals surface area contributed by atoms with E-state index in [0.29, 0.717) is 13.0 Å². The number of rotatable bonds is 9. The molecule has 2 heterocycles. The van der Waals surface area contributed by atoms with E-state index in [1.807, 2.05) is 24.4 Å². The molecule has 1 unspecified atom stereocenters. The van der Waals surface area contributed by atoms with Crippen molar-refractivity contribution in [1.82, 2.24) is 14.8 Å². The molecular formula is C21H31N3O4S. The van der Waals surface area contributed by atoms with Crippen LogP contribution in [0, 0.1) is 0 Å². The summed E-state index contributed by atoms with van der Waals surface area (Å²) in [7, 11) is -1.44. The number of nitrogens with zero attached hydrogens (tertiary/aromatic N) is 2. The first-order valence-electron chi connectivity index (χ1n) is 10.2. The summed E-state index contributed by atoms with van der Waals surface area (Å²) >= 11 is 0. The first kappa shape index (κ1) is 21.6. The molecule has 8 heteroatoms. The SMILES string of the molecule is CCN(CC)CCN(C(=O)Cc1c[nH]c2ccc(OC)cc12)C1CCS(=O)(=O)C1. The molecule has 0 bridgehead atoms. The fourth-order valence-corrected chi connectivity index (χ4v) is 5.75. The van der Waals surface area contributed by atoms with Crippen molar-refractivity contribution >= 4 is 26.6 Å². The van der Waals surface area contributed by atoms with Crippen LogP contribution >= 0.6 is 0 Å². The number of carbonyl (C=O) groups is 1. The molecule has 29 heavy (non-hydrogen) atoms. The Morgan fingerprint density at radius 3 is 2.62 bits per heavy atom. The second kappa shape index (κ2) is 9.17. The van der Waals surface area contributed by atoms with Crippen molar-refractivity contribution in [3.8, 4) is 5.75 Å². The van der Waals surface area contributed by atoms with Crippen LogP contribution in [0.5, 0.6) is 5.75 Å². The Hall–Kier alpha value is -2.06. The average Bonchev–Trinajstić information content (AvgIpc) is 3.27. The van der Waals surface area contributed by atoms with E-state index in [1.54, 1.807) is 12.0 Å². The summed E-state index contributed by atoms with van der Waals surface area (Å²) in [6, 6.07) is 5.51. The molecule has 0 saturated carbocycles. The van der Waals surface area contributed by atoms with Gasteiger partial charge in [0, 0.05) is 36.2 Å². The van der Waals surface area contributed by atoms with E-state index in [-0.39, 0.29) is 29.9 Å². The maximum absolute atomic E-state index is 13.3. The predicted octanol–water partition coefficient (Wildman–Crippen LogP) is 2.08. The molecule has 1 fully saturated rings. The van der Waals surface area contributed by atoms with E-state index in [4.69, 9.17) is 4.74 Å². The molecule has 1 saturated heterocycles. The number of amides is 1. The summed E-state index contributed by atoms with van der Waals surface area (Å²) in [6.45, 7) is 7.29. The Kier molecular flexibility index (Phi) is 6.85. The van der Waals surface area contributed by atoms with Gasteiger partial charge in [0.2, 0.25) is 5.91 Å². The molecule has 0 radical (unpaired) electrons. The van der Waals surface area contributed by atoms with Crippen LogP contribution in [0.3, 0.4) is 0 Å². The largest absolute Gasteiger partial charge is 0.497 e. The van der Waals surface area contributed by atoms with Gasteiger partial charge in [-0.2, -0.15) is 0 Å². The third-order valence-electron chi connectivity index (χ3n) is 5.84. The normalized spacial score (nSPS) is 18.4. The molecule has 1 aromatic heterocycles. The standard InChI is InChI=1S/C21H31N3O4S/c1-4-23(5-2)9-10-24(17-8-11-29(26,27)15-17)21(25)12-16-14-22-20-7-6-18(28-3)13-19(16)20/h6-7,13-14,17,22H,4-5,8-12,15H2,1-3H3. The van der Waals surface area contributed by atoms with Crippen LogP contribution in [0.25, 0.3) is 10.9 Å². The van der Waals surface area contributed by atoms with Crippen molar-refractivity contribution in [3.05, 3.63) is 30.0 Å². The van der Waals surface area contributed by atoms with Gasteiger partial charge in [0.1, 0.15) is 5.75 Å². The molecule has 1 N–H and O–H groups in total. The average molecular weight is 422 g/mol. The number of likely N-dealkylation sites (N-methyl/N-ethyl adjacent to an activating group) is 1. The summed E-state index contributed by atoms with van der Waals surface area (Å²) in [5.74, 6) is 0.949. The van der Waals surface area contributed by atoms with E-state index in [0.717, 1.165) is 41.9 Å². The van der Waals surface area contributed by atoms with Gasteiger partial charge in [0.15, 0.2) is 9.84 Å². The van der Waals surface area contributed by atoms with E-state index in [2.05, 4.69) is 23.7 Å². The fourth-order valence-electron chi connectivity index (χ4n) is 4.02. The zero-order valence-corrected chi connectivity index (χ0v) is 18.3. The summed E-state index contributed by atoms with van der Waals surface area (Å²) in [4.78, 5) is 20.5. The first-order valence-corrected chi connectivity index (χ1v) is 12.0. The lowest BCUT2D eigenvalue weighted by Gasteiger charge is -2.31. The number of sulfone groups is 1. The molecule has 3 rings (SSSR count). The van der Waals surface area contributed by atoms with Crippen molar-refractivity contribution in [3.63, 3.8) is 0 Å². The molecule has 1 atom stereocenters. The van der Waals surface area contributed by atoms with Gasteiger partial charge in [-0.25, -0.2) is 8.42 Å². The second-order valence-electron chi connectivity index (χ2n) is 7.57. The molecular weight excluding hydrogens is 390 g/mol. The van der Waals surface area contributed by atoms with Crippen LogP contribution in [-0.4, -0.2) is 79.9 Å². The number of aromatic amines is 1. The van der Waals surface area contributed by atoms with Gasteiger partial charge in [-0.3, -0.25) is 4.79 Å². The zero-order chi connectivity index (χ0) is 21.0. The van der Waals surface area contributed by atoms with Gasteiger partial charge < -0.3 is 19.5 Å². The highest BCUT2D eigenvalue weighted by Crippen LogP contribution is 2.25. The Labute approximate surface area is 172 Å². The summed E-state index contributed by atoms with van der Waals surface area (Å²) < 4.78 is 29.3. The third-order valence-corrected chi connectivity index (χ3v) is 7.59. The van der Waals surface area contributed by atoms with Gasteiger partial charge in [-0.05, 0) is 43.3 Å². The van der Waals surface area contributed by atoms with Gasteiger partial charge in [-0.15, -0.1) is 0 Å². The minimum absolute atomic E-state index is 0.0250. The van der Waals surface area contributed by atoms with E-state index in [9.17, 15) is 13.2 Å². The predicted molar refractivity (Wildman–Crippen MR) is 115 cm³/mol. The first-order chi connectivity index (χ1) is 13.9. The second-order valence-corrected chi connectivity index (χ2v) is 9.80. The highest BCUT2D eigenvalue weighted by Gasteiger charge is 2.34. The van der Waals surface area contributed by atoms with Gasteiger partial charge in [-0.1, -0.05) is 13.8 Å². The minimum atomic E-state index is -3.06. The molecule has 1 aliphatic heterocycles. The van der Waals surface area contributed by atoms with Crippen LogP contribution in [0.1, 0.15) is 25.8 Å². The molecule has 7 nitrogen and oxygen atoms in total. The smallest absolute Gasteiger partial charge is 0.227 e. The number of ether oxygens (including phenoxy) is 1. The molecule has 1 aliphatic rings. The van der Waals surface area contributed by atoms with Crippen molar-refractivity contribution in [2.24, 2.45) is 0 Å². The number of aromatic nitrogens is 1. The number of hydrogen-bond acceptors (Lipinski definition) is 5. The Bertz CT molecular complexity index is 950. The molecule has 160 valence electrons. The topological polar surface area (TPSA) is 82.7 Å². The zero-order valence-electron chi connectivity index (χ0n) is 17.5. The van der Waals surface area contributed by atoms with Crippen molar-refractivity contribution < 1.29 is 17.9 Å². The Morgan fingerprint density at radius 1 is 1.24 bits per heavy atom. The monoisotopic (exact) mass is 421 g/mol. The number of fused-ring (bicyclic) bond motifs is 1. The maximum Gasteiger partial charge on any atom is 0.227 e. The highest BCUT2D eigenvalue weighted by atomic mass is 32.2. The van der Waals surface area contributed by atoms with Crippen LogP contribution in [0.15, 0.2) is 24.4 Å². The number of hydrogen-bond donors (Lipinski definition) is 1. The number of carbonyl (C=O) groups excluding carboxylic acids is 1. The maximum atomic E-state index is 13.3. The quantitative estimate of drug-likeness (QED) is 0.670. The number of benzene rings is 1. The lowest BCUT2D eigenvalue weighted by Crippen LogP contribution is -2.46. The van der Waals surface area contributed by atoms with Crippen LogP contribution in [0.2, 0.25) is 0 Å². The summed E-state index contributed by atoms with van der Waals surface area (Å²) in [5.41, 5.74) is 1.85. The third kappa shape index (κ3) is 5.11. The molecule has 1 amide bonds. The molecule has 1 aromatic carbocycles. The summed E-state index contributed by atoms with van der Waals surface area (Å²) in [6.07, 6.45) is 2.62. The minimum Gasteiger partial charge on any atom is -0.497 e. The van der Waals surface area contributed by atoms with E-state index in [1.165, 1.54) is 0 Å². The van der Waals surface area contributed by atoms with E-state index < -0.39 is 9.84 Å².